The fourth-order valence-corrected chi connectivity index (χ4v) is 5.17. The van der Waals surface area contributed by atoms with Crippen LogP contribution in [0, 0.1) is 17.7 Å². The predicted octanol–water partition coefficient (Wildman–Crippen LogP) is 8.91. The van der Waals surface area contributed by atoms with Crippen LogP contribution in [0.15, 0.2) is 67.3 Å². The summed E-state index contributed by atoms with van der Waals surface area (Å²) in [5, 5.41) is 1.69. The fourth-order valence-electron chi connectivity index (χ4n) is 5.17. The molecule has 0 atom stereocenters. The van der Waals surface area contributed by atoms with Crippen molar-refractivity contribution in [1.82, 2.24) is 0 Å². The van der Waals surface area contributed by atoms with Gasteiger partial charge in [-0.1, -0.05) is 93.3 Å². The van der Waals surface area contributed by atoms with Crippen molar-refractivity contribution in [3.05, 3.63) is 84.2 Å². The Morgan fingerprint density at radius 1 is 0.871 bits per heavy atom. The largest absolute Gasteiger partial charge is 0.206 e. The van der Waals surface area contributed by atoms with Crippen LogP contribution in [-0.2, 0) is 12.8 Å². The summed E-state index contributed by atoms with van der Waals surface area (Å²) in [6.07, 6.45) is 13.4. The van der Waals surface area contributed by atoms with Gasteiger partial charge in [-0.2, -0.15) is 0 Å². The molecule has 3 aromatic rings. The molecular weight excluding hydrogens is 379 g/mol. The van der Waals surface area contributed by atoms with Crippen LogP contribution in [0.5, 0.6) is 0 Å². The van der Waals surface area contributed by atoms with Gasteiger partial charge in [0.2, 0.25) is 0 Å². The molecule has 162 valence electrons. The Bertz CT molecular complexity index is 1010. The molecule has 1 saturated carbocycles. The van der Waals surface area contributed by atoms with E-state index in [-0.39, 0.29) is 5.82 Å². The smallest absolute Gasteiger partial charge is 0.138 e. The molecule has 1 aliphatic rings. The maximum absolute atomic E-state index is 15.2. The van der Waals surface area contributed by atoms with E-state index >= 15 is 4.39 Å². The first kappa shape index (κ1) is 21.8. The van der Waals surface area contributed by atoms with E-state index in [4.69, 9.17) is 0 Å². The average Bonchev–Trinajstić information content (AvgIpc) is 2.82. The van der Waals surface area contributed by atoms with Crippen LogP contribution in [0.1, 0.15) is 63.0 Å². The molecule has 1 fully saturated rings. The zero-order chi connectivity index (χ0) is 21.6. The van der Waals surface area contributed by atoms with Crippen molar-refractivity contribution in [2.75, 3.05) is 0 Å². The van der Waals surface area contributed by atoms with Gasteiger partial charge in [-0.25, -0.2) is 4.39 Å². The van der Waals surface area contributed by atoms with Gasteiger partial charge >= 0.3 is 0 Å². The highest BCUT2D eigenvalue weighted by atomic mass is 19.1. The molecule has 0 amide bonds. The molecule has 0 aliphatic heterocycles. The Labute approximate surface area is 187 Å². The minimum Gasteiger partial charge on any atom is -0.206 e. The van der Waals surface area contributed by atoms with Gasteiger partial charge in [-0.05, 0) is 66.0 Å². The molecule has 0 nitrogen and oxygen atoms in total. The SMILES string of the molecule is C=CCCC1CCC(CCc2ccc(-c3ccc4cc(CC)ccc4c3F)cc2)CC1. The molecule has 0 N–H and O–H groups in total. The van der Waals surface area contributed by atoms with Gasteiger partial charge < -0.3 is 0 Å². The Morgan fingerprint density at radius 2 is 1.55 bits per heavy atom. The third-order valence-electron chi connectivity index (χ3n) is 7.28. The van der Waals surface area contributed by atoms with Crippen LogP contribution in [0.3, 0.4) is 0 Å². The average molecular weight is 415 g/mol. The normalized spacial score (nSPS) is 18.9. The number of allylic oxidation sites excluding steroid dienone is 1. The van der Waals surface area contributed by atoms with Crippen molar-refractivity contribution in [3.63, 3.8) is 0 Å². The summed E-state index contributed by atoms with van der Waals surface area (Å²) in [5.41, 5.74) is 4.27. The monoisotopic (exact) mass is 414 g/mol. The predicted molar refractivity (Wildman–Crippen MR) is 132 cm³/mol. The van der Waals surface area contributed by atoms with E-state index in [1.807, 2.05) is 24.3 Å². The summed E-state index contributed by atoms with van der Waals surface area (Å²) < 4.78 is 15.2. The Hall–Kier alpha value is -2.41. The summed E-state index contributed by atoms with van der Waals surface area (Å²) in [5.74, 6) is 1.67. The molecule has 0 aromatic heterocycles. The molecule has 3 aromatic carbocycles. The van der Waals surface area contributed by atoms with Crippen molar-refractivity contribution >= 4 is 10.8 Å². The summed E-state index contributed by atoms with van der Waals surface area (Å²) in [7, 11) is 0. The van der Waals surface area contributed by atoms with Crippen LogP contribution < -0.4 is 0 Å². The van der Waals surface area contributed by atoms with Crippen LogP contribution in [0.2, 0.25) is 0 Å². The van der Waals surface area contributed by atoms with Gasteiger partial charge in [0.05, 0.1) is 0 Å². The lowest BCUT2D eigenvalue weighted by Crippen LogP contribution is -2.15. The van der Waals surface area contributed by atoms with Crippen molar-refractivity contribution < 1.29 is 4.39 Å². The molecule has 0 heterocycles. The van der Waals surface area contributed by atoms with E-state index in [9.17, 15) is 0 Å². The van der Waals surface area contributed by atoms with E-state index < -0.39 is 0 Å². The van der Waals surface area contributed by atoms with Gasteiger partial charge in [-0.3, -0.25) is 0 Å². The fraction of sp³-hybridized carbons (Fsp3) is 0.400. The highest BCUT2D eigenvalue weighted by molar-refractivity contribution is 5.88. The molecule has 0 radical (unpaired) electrons. The number of fused-ring (bicyclic) bond motifs is 1. The molecule has 1 heteroatoms. The zero-order valence-electron chi connectivity index (χ0n) is 18.9. The van der Waals surface area contributed by atoms with E-state index in [1.54, 1.807) is 0 Å². The van der Waals surface area contributed by atoms with Gasteiger partial charge in [0, 0.05) is 10.9 Å². The maximum Gasteiger partial charge on any atom is 0.138 e. The lowest BCUT2D eigenvalue weighted by atomic mass is 9.78. The van der Waals surface area contributed by atoms with E-state index in [1.165, 1.54) is 56.1 Å². The Balaban J connectivity index is 1.37. The van der Waals surface area contributed by atoms with Gasteiger partial charge in [-0.15, -0.1) is 6.58 Å². The topological polar surface area (TPSA) is 0 Å². The van der Waals surface area contributed by atoms with Crippen molar-refractivity contribution in [1.29, 1.82) is 0 Å². The second-order valence-electron chi connectivity index (χ2n) is 9.32. The minimum absolute atomic E-state index is 0.110. The summed E-state index contributed by atoms with van der Waals surface area (Å²) in [6, 6.07) is 18.6. The molecule has 0 unspecified atom stereocenters. The molecule has 1 aliphatic carbocycles. The second-order valence-corrected chi connectivity index (χ2v) is 9.32. The van der Waals surface area contributed by atoms with Crippen molar-refractivity contribution in [2.45, 2.75) is 64.7 Å². The number of rotatable bonds is 8. The summed E-state index contributed by atoms with van der Waals surface area (Å²) >= 11 is 0. The van der Waals surface area contributed by atoms with Crippen LogP contribution in [0.4, 0.5) is 4.39 Å². The molecule has 0 spiro atoms. The Morgan fingerprint density at radius 3 is 2.23 bits per heavy atom. The van der Waals surface area contributed by atoms with E-state index in [2.05, 4.69) is 49.9 Å². The van der Waals surface area contributed by atoms with Crippen LogP contribution in [0.25, 0.3) is 21.9 Å². The first-order valence-corrected chi connectivity index (χ1v) is 12.1. The zero-order valence-corrected chi connectivity index (χ0v) is 18.9. The highest BCUT2D eigenvalue weighted by Crippen LogP contribution is 2.34. The van der Waals surface area contributed by atoms with Crippen molar-refractivity contribution in [3.8, 4) is 11.1 Å². The molecule has 0 bridgehead atoms. The van der Waals surface area contributed by atoms with Gasteiger partial charge in [0.25, 0.3) is 0 Å². The summed E-state index contributed by atoms with van der Waals surface area (Å²) in [4.78, 5) is 0. The number of benzene rings is 3. The quantitative estimate of drug-likeness (QED) is 0.323. The third kappa shape index (κ3) is 5.26. The number of aryl methyl sites for hydroxylation is 2. The second kappa shape index (κ2) is 10.3. The van der Waals surface area contributed by atoms with Gasteiger partial charge in [0.1, 0.15) is 5.82 Å². The molecule has 31 heavy (non-hydrogen) atoms. The van der Waals surface area contributed by atoms with Crippen LogP contribution in [-0.4, -0.2) is 0 Å². The van der Waals surface area contributed by atoms with E-state index in [0.29, 0.717) is 10.9 Å². The highest BCUT2D eigenvalue weighted by Gasteiger charge is 2.20. The Kier molecular flexibility index (Phi) is 7.22. The van der Waals surface area contributed by atoms with E-state index in [0.717, 1.165) is 35.6 Å². The standard InChI is InChI=1S/C30H35F/c1-3-5-6-23-7-9-24(10-8-23)11-12-25-13-16-26(17-14-25)28-20-18-27-21-22(4-2)15-19-29(27)30(28)31/h3,13-21,23-24H,1,4-12H2,2H3. The lowest BCUT2D eigenvalue weighted by Gasteiger charge is -2.28. The van der Waals surface area contributed by atoms with Crippen LogP contribution >= 0.6 is 0 Å². The number of hydrogen-bond donors (Lipinski definition) is 0. The maximum atomic E-state index is 15.2. The molecular formula is C30H35F. The summed E-state index contributed by atoms with van der Waals surface area (Å²) in [6.45, 7) is 5.98. The van der Waals surface area contributed by atoms with Crippen molar-refractivity contribution in [2.24, 2.45) is 11.8 Å². The lowest BCUT2D eigenvalue weighted by molar-refractivity contribution is 0.254. The minimum atomic E-state index is -0.110. The first-order chi connectivity index (χ1) is 15.2. The first-order valence-electron chi connectivity index (χ1n) is 12.1. The van der Waals surface area contributed by atoms with Gasteiger partial charge in [0.15, 0.2) is 0 Å². The molecule has 0 saturated heterocycles. The molecule has 4 rings (SSSR count). The number of hydrogen-bond acceptors (Lipinski definition) is 0. The third-order valence-corrected chi connectivity index (χ3v) is 7.28. The number of halogens is 1.